The van der Waals surface area contributed by atoms with Gasteiger partial charge >= 0.3 is 0 Å². The number of thiophene rings is 1. The third-order valence-electron chi connectivity index (χ3n) is 2.48. The maximum atomic E-state index is 5.95. The Kier molecular flexibility index (Phi) is 3.63. The van der Waals surface area contributed by atoms with Crippen LogP contribution >= 0.6 is 22.9 Å². The number of rotatable bonds is 4. The third-order valence-corrected chi connectivity index (χ3v) is 3.77. The molecule has 16 heavy (non-hydrogen) atoms. The maximum absolute atomic E-state index is 5.95. The summed E-state index contributed by atoms with van der Waals surface area (Å²) in [6.07, 6.45) is 3.97. The van der Waals surface area contributed by atoms with Gasteiger partial charge in [0.1, 0.15) is 0 Å². The monoisotopic (exact) mass is 255 g/mol. The largest absolute Gasteiger partial charge is 0.309 e. The minimum Gasteiger partial charge on any atom is -0.309 e. The normalized spacial score (nSPS) is 12.9. The fourth-order valence-corrected chi connectivity index (χ4v) is 2.86. The van der Waals surface area contributed by atoms with Gasteiger partial charge in [-0.3, -0.25) is 4.68 Å². The van der Waals surface area contributed by atoms with Gasteiger partial charge in [0.25, 0.3) is 0 Å². The van der Waals surface area contributed by atoms with Crippen LogP contribution in [0.25, 0.3) is 0 Å². The molecule has 0 amide bonds. The van der Waals surface area contributed by atoms with E-state index in [0.717, 1.165) is 10.9 Å². The topological polar surface area (TPSA) is 29.9 Å². The van der Waals surface area contributed by atoms with Crippen molar-refractivity contribution in [3.63, 3.8) is 0 Å². The van der Waals surface area contributed by atoms with Crippen LogP contribution < -0.4 is 5.32 Å². The van der Waals surface area contributed by atoms with Gasteiger partial charge in [0.05, 0.1) is 16.6 Å². The van der Waals surface area contributed by atoms with Crippen molar-refractivity contribution in [2.24, 2.45) is 0 Å². The molecule has 0 bridgehead atoms. The zero-order chi connectivity index (χ0) is 11.5. The summed E-state index contributed by atoms with van der Waals surface area (Å²) in [7, 11) is 1.95. The first-order chi connectivity index (χ1) is 7.74. The average Bonchev–Trinajstić information content (AvgIpc) is 2.89. The Balaban J connectivity index is 2.28. The van der Waals surface area contributed by atoms with Gasteiger partial charge in [0.15, 0.2) is 0 Å². The van der Waals surface area contributed by atoms with E-state index < -0.39 is 0 Å². The second-order valence-electron chi connectivity index (χ2n) is 3.49. The third kappa shape index (κ3) is 2.29. The Bertz CT molecular complexity index is 463. The van der Waals surface area contributed by atoms with Gasteiger partial charge in [-0.1, -0.05) is 11.6 Å². The molecule has 1 atom stereocenters. The zero-order valence-electron chi connectivity index (χ0n) is 9.27. The van der Waals surface area contributed by atoms with Crippen LogP contribution in [0, 0.1) is 0 Å². The summed E-state index contributed by atoms with van der Waals surface area (Å²) >= 11 is 7.55. The first-order valence-electron chi connectivity index (χ1n) is 5.19. The molecule has 0 radical (unpaired) electrons. The van der Waals surface area contributed by atoms with Crippen molar-refractivity contribution in [3.8, 4) is 0 Å². The van der Waals surface area contributed by atoms with Crippen LogP contribution in [0.1, 0.15) is 23.4 Å². The van der Waals surface area contributed by atoms with Crippen LogP contribution in [0.2, 0.25) is 4.34 Å². The molecule has 1 unspecified atom stereocenters. The molecule has 0 fully saturated rings. The van der Waals surface area contributed by atoms with Gasteiger partial charge in [-0.05, 0) is 26.1 Å². The van der Waals surface area contributed by atoms with E-state index in [1.54, 1.807) is 11.3 Å². The predicted molar refractivity (Wildman–Crippen MR) is 68.1 cm³/mol. The van der Waals surface area contributed by atoms with E-state index in [1.165, 1.54) is 10.4 Å². The lowest BCUT2D eigenvalue weighted by atomic mass is 10.1. The summed E-state index contributed by atoms with van der Waals surface area (Å²) in [5, 5.41) is 7.57. The van der Waals surface area contributed by atoms with Gasteiger partial charge in [-0.15, -0.1) is 11.3 Å². The second kappa shape index (κ2) is 4.99. The van der Waals surface area contributed by atoms with Crippen molar-refractivity contribution >= 4 is 22.9 Å². The van der Waals surface area contributed by atoms with Crippen LogP contribution in [0.5, 0.6) is 0 Å². The first-order valence-corrected chi connectivity index (χ1v) is 6.39. The number of hydrogen-bond donors (Lipinski definition) is 1. The van der Waals surface area contributed by atoms with Crippen LogP contribution in [0.4, 0.5) is 0 Å². The van der Waals surface area contributed by atoms with Crippen LogP contribution in [0.15, 0.2) is 24.5 Å². The summed E-state index contributed by atoms with van der Waals surface area (Å²) in [5.41, 5.74) is 1.17. The van der Waals surface area contributed by atoms with E-state index in [4.69, 9.17) is 11.6 Å². The molecule has 2 heterocycles. The van der Waals surface area contributed by atoms with E-state index in [-0.39, 0.29) is 6.04 Å². The molecule has 5 heteroatoms. The lowest BCUT2D eigenvalue weighted by molar-refractivity contribution is 0.655. The molecule has 0 spiro atoms. The van der Waals surface area contributed by atoms with Crippen LogP contribution in [-0.4, -0.2) is 16.8 Å². The van der Waals surface area contributed by atoms with Crippen LogP contribution in [0.3, 0.4) is 0 Å². The minimum atomic E-state index is 0.179. The molecule has 0 aromatic carbocycles. The van der Waals surface area contributed by atoms with Crippen molar-refractivity contribution in [1.29, 1.82) is 0 Å². The highest BCUT2D eigenvalue weighted by Crippen LogP contribution is 2.30. The van der Waals surface area contributed by atoms with Crippen molar-refractivity contribution in [3.05, 3.63) is 39.3 Å². The van der Waals surface area contributed by atoms with Crippen molar-refractivity contribution < 1.29 is 0 Å². The number of aromatic nitrogens is 2. The Hall–Kier alpha value is -0.840. The molecular weight excluding hydrogens is 242 g/mol. The standard InChI is InChI=1S/C11H14ClN3S/c1-3-15-7-8(6-14-15)11(13-2)9-4-5-10(12)16-9/h4-7,11,13H,3H2,1-2H3. The van der Waals surface area contributed by atoms with Gasteiger partial charge in [0, 0.05) is 23.2 Å². The van der Waals surface area contributed by atoms with Gasteiger partial charge in [0.2, 0.25) is 0 Å². The zero-order valence-corrected chi connectivity index (χ0v) is 10.8. The summed E-state index contributed by atoms with van der Waals surface area (Å²) in [5.74, 6) is 0. The Morgan fingerprint density at radius 1 is 1.56 bits per heavy atom. The summed E-state index contributed by atoms with van der Waals surface area (Å²) < 4.78 is 2.74. The molecule has 1 N–H and O–H groups in total. The number of aryl methyl sites for hydroxylation is 1. The highest BCUT2D eigenvalue weighted by atomic mass is 35.5. The quantitative estimate of drug-likeness (QED) is 0.911. The molecule has 2 aromatic heterocycles. The molecule has 3 nitrogen and oxygen atoms in total. The smallest absolute Gasteiger partial charge is 0.0931 e. The second-order valence-corrected chi connectivity index (χ2v) is 5.24. The number of hydrogen-bond acceptors (Lipinski definition) is 3. The van der Waals surface area contributed by atoms with Crippen LogP contribution in [-0.2, 0) is 6.54 Å². The molecule has 0 saturated carbocycles. The average molecular weight is 256 g/mol. The van der Waals surface area contributed by atoms with E-state index in [0.29, 0.717) is 0 Å². The van der Waals surface area contributed by atoms with Crippen molar-refractivity contribution in [1.82, 2.24) is 15.1 Å². The fraction of sp³-hybridized carbons (Fsp3) is 0.364. The molecule has 0 aliphatic rings. The maximum Gasteiger partial charge on any atom is 0.0931 e. The molecule has 0 saturated heterocycles. The highest BCUT2D eigenvalue weighted by molar-refractivity contribution is 7.16. The fourth-order valence-electron chi connectivity index (χ4n) is 1.66. The minimum absolute atomic E-state index is 0.179. The summed E-state index contributed by atoms with van der Waals surface area (Å²) in [6, 6.07) is 4.16. The van der Waals surface area contributed by atoms with Gasteiger partial charge in [-0.2, -0.15) is 5.10 Å². The Morgan fingerprint density at radius 2 is 2.38 bits per heavy atom. The molecule has 2 aromatic rings. The number of halogens is 1. The first kappa shape index (κ1) is 11.6. The molecule has 2 rings (SSSR count). The number of nitrogens with zero attached hydrogens (tertiary/aromatic N) is 2. The van der Waals surface area contributed by atoms with E-state index in [9.17, 15) is 0 Å². The van der Waals surface area contributed by atoms with Gasteiger partial charge < -0.3 is 5.32 Å². The Labute approximate surface area is 104 Å². The highest BCUT2D eigenvalue weighted by Gasteiger charge is 2.15. The van der Waals surface area contributed by atoms with Gasteiger partial charge in [-0.25, -0.2) is 0 Å². The van der Waals surface area contributed by atoms with Crippen molar-refractivity contribution in [2.45, 2.75) is 19.5 Å². The number of nitrogens with one attached hydrogen (secondary N) is 1. The summed E-state index contributed by atoms with van der Waals surface area (Å²) in [6.45, 7) is 2.97. The van der Waals surface area contributed by atoms with E-state index in [2.05, 4.69) is 29.6 Å². The van der Waals surface area contributed by atoms with E-state index in [1.807, 2.05) is 24.0 Å². The summed E-state index contributed by atoms with van der Waals surface area (Å²) in [4.78, 5) is 1.21. The van der Waals surface area contributed by atoms with E-state index >= 15 is 0 Å². The lowest BCUT2D eigenvalue weighted by Crippen LogP contribution is -2.15. The molecule has 0 aliphatic heterocycles. The molecule has 0 aliphatic carbocycles. The van der Waals surface area contributed by atoms with Crippen molar-refractivity contribution in [2.75, 3.05) is 7.05 Å². The SMILES string of the molecule is CCn1cc(C(NC)c2ccc(Cl)s2)cn1. The molecular formula is C11H14ClN3S. The lowest BCUT2D eigenvalue weighted by Gasteiger charge is -2.11. The predicted octanol–water partition coefficient (Wildman–Crippen LogP) is 2.93. The molecule has 86 valence electrons. The Morgan fingerprint density at radius 3 is 2.88 bits per heavy atom.